The Kier molecular flexibility index (Phi) is 8.30. The highest BCUT2D eigenvalue weighted by Crippen LogP contribution is 2.41. The first-order valence-electron chi connectivity index (χ1n) is 16.2. The van der Waals surface area contributed by atoms with Gasteiger partial charge in [-0.1, -0.05) is 18.6 Å². The van der Waals surface area contributed by atoms with E-state index in [2.05, 4.69) is 37.7 Å². The van der Waals surface area contributed by atoms with Crippen LogP contribution in [0.25, 0.3) is 32.9 Å². The van der Waals surface area contributed by atoms with Crippen LogP contribution in [0.15, 0.2) is 43.1 Å². The molecule has 7 rings (SSSR count). The number of nitrogens with zero attached hydrogens (tertiary/aromatic N) is 5. The van der Waals surface area contributed by atoms with Crippen molar-refractivity contribution in [3.8, 4) is 35.4 Å². The number of carbonyl (C=O) groups is 1. The number of aromatic hydroxyl groups is 1. The van der Waals surface area contributed by atoms with Crippen LogP contribution in [0.4, 0.5) is 23.4 Å². The van der Waals surface area contributed by atoms with Crippen molar-refractivity contribution in [1.29, 1.82) is 0 Å². The Hall–Kier alpha value is -4.96. The number of ether oxygens (including phenoxy) is 1. The van der Waals surface area contributed by atoms with Gasteiger partial charge in [0.2, 0.25) is 5.91 Å². The molecule has 2 aromatic heterocycles. The number of halogens is 4. The van der Waals surface area contributed by atoms with Gasteiger partial charge in [-0.3, -0.25) is 14.7 Å². The zero-order valence-corrected chi connectivity index (χ0v) is 26.6. The number of phenols is 1. The fourth-order valence-electron chi connectivity index (χ4n) is 7.66. The zero-order valence-electron chi connectivity index (χ0n) is 26.6. The number of fused-ring (bicyclic) bond motifs is 3. The number of pyridine rings is 1. The van der Waals surface area contributed by atoms with Gasteiger partial charge < -0.3 is 20.1 Å². The summed E-state index contributed by atoms with van der Waals surface area (Å²) in [5, 5.41) is 13.8. The number of alkyl halides is 2. The van der Waals surface area contributed by atoms with Gasteiger partial charge >= 0.3 is 6.01 Å². The van der Waals surface area contributed by atoms with E-state index in [0.717, 1.165) is 44.8 Å². The van der Waals surface area contributed by atoms with Gasteiger partial charge in [0, 0.05) is 43.1 Å². The Morgan fingerprint density at radius 1 is 1.16 bits per heavy atom. The maximum Gasteiger partial charge on any atom is 0.319 e. The molecule has 13 heteroatoms. The zero-order chi connectivity index (χ0) is 34.5. The van der Waals surface area contributed by atoms with Crippen LogP contribution < -0.4 is 15.0 Å². The van der Waals surface area contributed by atoms with Crippen molar-refractivity contribution in [3.63, 3.8) is 0 Å². The summed E-state index contributed by atoms with van der Waals surface area (Å²) in [5.41, 5.74) is -0.758. The lowest BCUT2D eigenvalue weighted by atomic mass is 9.95. The number of hydrogen-bond acceptors (Lipinski definition) is 8. The molecule has 3 aliphatic heterocycles. The molecule has 254 valence electrons. The molecular formula is C36H34F4N6O3. The number of anilines is 1. The normalized spacial score (nSPS) is 20.1. The Morgan fingerprint density at radius 2 is 1.94 bits per heavy atom. The first kappa shape index (κ1) is 32.6. The lowest BCUT2D eigenvalue weighted by molar-refractivity contribution is -0.117. The van der Waals surface area contributed by atoms with E-state index in [1.165, 1.54) is 30.5 Å². The molecule has 1 atom stereocenters. The number of carbonyl (C=O) groups excluding carboxylic acids is 1. The molecule has 3 aliphatic rings. The van der Waals surface area contributed by atoms with Gasteiger partial charge in [-0.15, -0.1) is 6.42 Å². The summed E-state index contributed by atoms with van der Waals surface area (Å²) in [6, 6.07) is 4.09. The summed E-state index contributed by atoms with van der Waals surface area (Å²) >= 11 is 0. The van der Waals surface area contributed by atoms with Crippen molar-refractivity contribution in [3.05, 3.63) is 60.3 Å². The molecule has 49 heavy (non-hydrogen) atoms. The summed E-state index contributed by atoms with van der Waals surface area (Å²) in [4.78, 5) is 29.6. The third-order valence-corrected chi connectivity index (χ3v) is 9.94. The molecule has 3 fully saturated rings. The second kappa shape index (κ2) is 12.5. The van der Waals surface area contributed by atoms with Crippen LogP contribution in [-0.2, 0) is 4.79 Å². The summed E-state index contributed by atoms with van der Waals surface area (Å²) in [6.07, 6.45) is 10.7. The van der Waals surface area contributed by atoms with Crippen LogP contribution in [-0.4, -0.2) is 81.2 Å². The SMILES string of the molecule is C#Cc1c(F)ccc2cc(O)cc(-c3ncc4c(N5CCC(F)(F)C[C@@H](NC(=O)C=C)C5)nc(OCC56CCCN5CCC6)nc4c3F)c12. The van der Waals surface area contributed by atoms with E-state index >= 15 is 4.39 Å². The maximum absolute atomic E-state index is 16.9. The van der Waals surface area contributed by atoms with Gasteiger partial charge in [-0.05, 0) is 68.4 Å². The lowest BCUT2D eigenvalue weighted by Gasteiger charge is -2.31. The number of rotatable bonds is 7. The van der Waals surface area contributed by atoms with Crippen LogP contribution in [0.2, 0.25) is 0 Å². The average Bonchev–Trinajstić information content (AvgIpc) is 3.61. The van der Waals surface area contributed by atoms with Crippen molar-refractivity contribution in [2.45, 2.75) is 56.0 Å². The monoisotopic (exact) mass is 674 g/mol. The van der Waals surface area contributed by atoms with Gasteiger partial charge in [0.25, 0.3) is 5.92 Å². The highest BCUT2D eigenvalue weighted by Gasteiger charge is 2.45. The molecule has 1 amide bonds. The average molecular weight is 675 g/mol. The van der Waals surface area contributed by atoms with Crippen molar-refractivity contribution in [1.82, 2.24) is 25.2 Å². The molecule has 0 spiro atoms. The van der Waals surface area contributed by atoms with E-state index in [1.807, 2.05) is 0 Å². The molecule has 9 nitrogen and oxygen atoms in total. The minimum Gasteiger partial charge on any atom is -0.508 e. The second-order valence-electron chi connectivity index (χ2n) is 13.0. The van der Waals surface area contributed by atoms with Crippen LogP contribution in [0.3, 0.4) is 0 Å². The Bertz CT molecular complexity index is 2020. The molecule has 4 aromatic rings. The molecule has 0 aliphatic carbocycles. The van der Waals surface area contributed by atoms with Gasteiger partial charge in [0.05, 0.1) is 22.5 Å². The standard InChI is InChI=1S/C36H34F4N6O3/c1-3-24-27(37)8-7-21-15-23(47)16-25(29(21)24)31-30(38)32-26(18-41-31)33(45-14-11-36(39,40)17-22(19-45)42-28(48)4-2)44-34(43-32)49-20-35-9-5-12-46(35)13-6-10-35/h1,4,7-8,15-16,18,22,47H,2,5-6,9-14,17,19-20H2,(H,42,48)/t22-/m1/s1. The quantitative estimate of drug-likeness (QED) is 0.146. The van der Waals surface area contributed by atoms with Crippen molar-refractivity contribution in [2.24, 2.45) is 0 Å². The maximum atomic E-state index is 16.9. The molecule has 2 aromatic carbocycles. The summed E-state index contributed by atoms with van der Waals surface area (Å²) in [7, 11) is 0. The van der Waals surface area contributed by atoms with Crippen molar-refractivity contribution in [2.75, 3.05) is 37.7 Å². The first-order valence-corrected chi connectivity index (χ1v) is 16.2. The predicted octanol–water partition coefficient (Wildman–Crippen LogP) is 5.72. The number of terminal acetylenes is 1. The van der Waals surface area contributed by atoms with Gasteiger partial charge in [0.15, 0.2) is 5.82 Å². The molecular weight excluding hydrogens is 640 g/mol. The summed E-state index contributed by atoms with van der Waals surface area (Å²) in [6.45, 7) is 5.36. The number of nitrogens with one attached hydrogen (secondary N) is 1. The van der Waals surface area contributed by atoms with Crippen LogP contribution >= 0.6 is 0 Å². The van der Waals surface area contributed by atoms with Crippen molar-refractivity contribution < 1.29 is 32.2 Å². The molecule has 0 bridgehead atoms. The number of benzene rings is 2. The number of amides is 1. The minimum absolute atomic E-state index is 0.0394. The Labute approximate surface area is 280 Å². The third-order valence-electron chi connectivity index (χ3n) is 9.94. The van der Waals surface area contributed by atoms with Gasteiger partial charge in [0.1, 0.15) is 35.2 Å². The minimum atomic E-state index is -3.10. The molecule has 0 unspecified atom stereocenters. The van der Waals surface area contributed by atoms with E-state index in [0.29, 0.717) is 5.39 Å². The summed E-state index contributed by atoms with van der Waals surface area (Å²) in [5.74, 6) is -3.12. The molecule has 0 radical (unpaired) electrons. The van der Waals surface area contributed by atoms with E-state index in [4.69, 9.17) is 11.2 Å². The van der Waals surface area contributed by atoms with E-state index in [1.54, 1.807) is 4.90 Å². The van der Waals surface area contributed by atoms with Crippen LogP contribution in [0.1, 0.15) is 44.1 Å². The third kappa shape index (κ3) is 5.99. The largest absolute Gasteiger partial charge is 0.508 e. The van der Waals surface area contributed by atoms with Gasteiger partial charge in [-0.25, -0.2) is 17.6 Å². The van der Waals surface area contributed by atoms with E-state index in [9.17, 15) is 23.1 Å². The summed E-state index contributed by atoms with van der Waals surface area (Å²) < 4.78 is 67.8. The molecule has 5 heterocycles. The highest BCUT2D eigenvalue weighted by atomic mass is 19.3. The molecule has 2 N–H and O–H groups in total. The number of aromatic nitrogens is 3. The van der Waals surface area contributed by atoms with Crippen LogP contribution in [0, 0.1) is 24.0 Å². The second-order valence-corrected chi connectivity index (χ2v) is 13.0. The first-order chi connectivity index (χ1) is 23.5. The molecule has 3 saturated heterocycles. The Balaban J connectivity index is 1.38. The topological polar surface area (TPSA) is 104 Å². The Morgan fingerprint density at radius 3 is 2.67 bits per heavy atom. The highest BCUT2D eigenvalue weighted by molar-refractivity contribution is 6.03. The number of hydrogen-bond donors (Lipinski definition) is 2. The predicted molar refractivity (Wildman–Crippen MR) is 177 cm³/mol. The molecule has 0 saturated carbocycles. The fraction of sp³-hybridized carbons (Fsp3) is 0.389. The lowest BCUT2D eigenvalue weighted by Crippen LogP contribution is -2.44. The smallest absolute Gasteiger partial charge is 0.319 e. The van der Waals surface area contributed by atoms with E-state index in [-0.39, 0.29) is 75.9 Å². The van der Waals surface area contributed by atoms with Crippen molar-refractivity contribution >= 4 is 33.4 Å². The van der Waals surface area contributed by atoms with Gasteiger partial charge in [-0.2, -0.15) is 9.97 Å². The number of phenolic OH excluding ortho intramolecular Hbond substituents is 1. The van der Waals surface area contributed by atoms with E-state index < -0.39 is 42.3 Å². The fourth-order valence-corrected chi connectivity index (χ4v) is 7.66. The van der Waals surface area contributed by atoms with Crippen LogP contribution in [0.5, 0.6) is 11.8 Å².